The first-order valence-corrected chi connectivity index (χ1v) is 13.2. The van der Waals surface area contributed by atoms with Gasteiger partial charge in [0.05, 0.1) is 18.8 Å². The quantitative estimate of drug-likeness (QED) is 0.354. The molecule has 186 valence electrons. The summed E-state index contributed by atoms with van der Waals surface area (Å²) in [6.07, 6.45) is 13.1. The van der Waals surface area contributed by atoms with Crippen LogP contribution in [0.5, 0.6) is 0 Å². The van der Waals surface area contributed by atoms with E-state index in [1.807, 2.05) is 24.3 Å². The summed E-state index contributed by atoms with van der Waals surface area (Å²) in [6.45, 7) is 1.69. The molecule has 5 rings (SSSR count). The standard InChI is InChI=1S/C29H36N2O4/c32-29-30-28(31-35-29)27-13-4-3-12-26(27)23-16-14-21(15-17-23)7-1-2-8-22-9-5-10-24(19-22)34-20-25-11-6-18-33-25/h3-4,12-17,22,24-25H,1-2,5-11,18-20H2,(H,30,31,32). The second-order valence-corrected chi connectivity index (χ2v) is 10.1. The molecule has 1 aliphatic carbocycles. The molecule has 3 atom stereocenters. The largest absolute Gasteiger partial charge is 0.439 e. The highest BCUT2D eigenvalue weighted by molar-refractivity contribution is 5.80. The zero-order valence-electron chi connectivity index (χ0n) is 20.4. The van der Waals surface area contributed by atoms with E-state index in [2.05, 4.69) is 34.4 Å². The lowest BCUT2D eigenvalue weighted by Crippen LogP contribution is -2.26. The molecule has 0 bridgehead atoms. The van der Waals surface area contributed by atoms with Crippen LogP contribution in [0, 0.1) is 5.92 Å². The molecule has 3 unspecified atom stereocenters. The molecule has 2 aromatic carbocycles. The number of aromatic nitrogens is 2. The first-order chi connectivity index (χ1) is 17.2. The molecule has 0 amide bonds. The smallest absolute Gasteiger partial charge is 0.376 e. The maximum Gasteiger partial charge on any atom is 0.439 e. The lowest BCUT2D eigenvalue weighted by molar-refractivity contribution is -0.0410. The average molecular weight is 477 g/mol. The topological polar surface area (TPSA) is 77.4 Å². The van der Waals surface area contributed by atoms with Crippen molar-refractivity contribution in [2.45, 2.75) is 76.4 Å². The van der Waals surface area contributed by atoms with Crippen molar-refractivity contribution in [2.24, 2.45) is 5.92 Å². The molecule has 35 heavy (non-hydrogen) atoms. The first-order valence-electron chi connectivity index (χ1n) is 13.2. The van der Waals surface area contributed by atoms with Crippen molar-refractivity contribution in [1.82, 2.24) is 10.1 Å². The Labute approximate surface area is 207 Å². The van der Waals surface area contributed by atoms with Gasteiger partial charge in [-0.3, -0.25) is 9.51 Å². The van der Waals surface area contributed by atoms with Crippen LogP contribution in [0.4, 0.5) is 0 Å². The Morgan fingerprint density at radius 2 is 1.83 bits per heavy atom. The molecule has 2 fully saturated rings. The summed E-state index contributed by atoms with van der Waals surface area (Å²) in [4.78, 5) is 14.0. The van der Waals surface area contributed by atoms with Gasteiger partial charge in [-0.1, -0.05) is 79.4 Å². The second-order valence-electron chi connectivity index (χ2n) is 10.1. The molecule has 3 aromatic rings. The monoisotopic (exact) mass is 476 g/mol. The van der Waals surface area contributed by atoms with Crippen LogP contribution in [0.25, 0.3) is 22.5 Å². The predicted molar refractivity (Wildman–Crippen MR) is 136 cm³/mol. The highest BCUT2D eigenvalue weighted by Crippen LogP contribution is 2.32. The Bertz CT molecular complexity index is 1110. The Morgan fingerprint density at radius 3 is 2.60 bits per heavy atom. The Hall–Kier alpha value is -2.70. The van der Waals surface area contributed by atoms with Crippen LogP contribution < -0.4 is 5.76 Å². The SMILES string of the molecule is O=c1[nH]c(-c2ccccc2-c2ccc(CCCCC3CCCC(OCC4CCCO4)C3)cc2)no1. The van der Waals surface area contributed by atoms with Gasteiger partial charge in [-0.25, -0.2) is 4.79 Å². The Morgan fingerprint density at radius 1 is 0.971 bits per heavy atom. The summed E-state index contributed by atoms with van der Waals surface area (Å²) in [7, 11) is 0. The van der Waals surface area contributed by atoms with Crippen LogP contribution in [-0.4, -0.2) is 35.6 Å². The Balaban J connectivity index is 1.08. The number of hydrogen-bond acceptors (Lipinski definition) is 5. The van der Waals surface area contributed by atoms with Crippen molar-refractivity contribution >= 4 is 0 Å². The van der Waals surface area contributed by atoms with E-state index in [0.717, 1.165) is 48.7 Å². The highest BCUT2D eigenvalue weighted by Gasteiger charge is 2.24. The number of aryl methyl sites for hydroxylation is 1. The van der Waals surface area contributed by atoms with Gasteiger partial charge in [-0.05, 0) is 61.1 Å². The van der Waals surface area contributed by atoms with E-state index in [1.54, 1.807) is 0 Å². The molecule has 1 aromatic heterocycles. The van der Waals surface area contributed by atoms with Crippen LogP contribution >= 0.6 is 0 Å². The van der Waals surface area contributed by atoms with Crippen LogP contribution in [0.15, 0.2) is 57.8 Å². The normalized spacial score (nSPS) is 22.5. The number of unbranched alkanes of at least 4 members (excludes halogenated alkanes) is 1. The van der Waals surface area contributed by atoms with Crippen molar-refractivity contribution in [3.8, 4) is 22.5 Å². The average Bonchev–Trinajstić information content (AvgIpc) is 3.58. The Kier molecular flexibility index (Phi) is 8.11. The van der Waals surface area contributed by atoms with Crippen LogP contribution in [0.3, 0.4) is 0 Å². The zero-order chi connectivity index (χ0) is 23.9. The maximum absolute atomic E-state index is 11.4. The van der Waals surface area contributed by atoms with E-state index >= 15 is 0 Å². The van der Waals surface area contributed by atoms with Crippen LogP contribution in [-0.2, 0) is 15.9 Å². The molecule has 0 radical (unpaired) electrons. The third-order valence-electron chi connectivity index (χ3n) is 7.49. The molecule has 2 heterocycles. The first kappa shape index (κ1) is 24.0. The minimum Gasteiger partial charge on any atom is -0.376 e. The van der Waals surface area contributed by atoms with Crippen LogP contribution in [0.1, 0.15) is 63.4 Å². The fraction of sp³-hybridized carbons (Fsp3) is 0.517. The number of rotatable bonds is 10. The fourth-order valence-electron chi connectivity index (χ4n) is 5.57. The van der Waals surface area contributed by atoms with Gasteiger partial charge in [-0.15, -0.1) is 0 Å². The predicted octanol–water partition coefficient (Wildman–Crippen LogP) is 6.16. The van der Waals surface area contributed by atoms with E-state index in [9.17, 15) is 4.79 Å². The molecule has 1 saturated heterocycles. The van der Waals surface area contributed by atoms with Crippen molar-refractivity contribution in [3.63, 3.8) is 0 Å². The lowest BCUT2D eigenvalue weighted by atomic mass is 9.83. The fourth-order valence-corrected chi connectivity index (χ4v) is 5.57. The lowest BCUT2D eigenvalue weighted by Gasteiger charge is -2.30. The number of nitrogens with zero attached hydrogens (tertiary/aromatic N) is 1. The number of benzene rings is 2. The maximum atomic E-state index is 11.4. The summed E-state index contributed by atoms with van der Waals surface area (Å²) in [5.41, 5.74) is 4.35. The number of nitrogens with one attached hydrogen (secondary N) is 1. The third-order valence-corrected chi connectivity index (χ3v) is 7.49. The molecule has 1 N–H and O–H groups in total. The number of ether oxygens (including phenoxy) is 2. The van der Waals surface area contributed by atoms with E-state index in [1.165, 1.54) is 56.9 Å². The molecule has 1 saturated carbocycles. The number of hydrogen-bond donors (Lipinski definition) is 1. The highest BCUT2D eigenvalue weighted by atomic mass is 16.5. The summed E-state index contributed by atoms with van der Waals surface area (Å²) >= 11 is 0. The minimum absolute atomic E-state index is 0.335. The molecule has 2 aliphatic rings. The minimum atomic E-state index is -0.542. The van der Waals surface area contributed by atoms with Gasteiger partial charge in [0.2, 0.25) is 0 Å². The van der Waals surface area contributed by atoms with Crippen molar-refractivity contribution in [1.29, 1.82) is 0 Å². The number of H-pyrrole nitrogens is 1. The molecule has 1 aliphatic heterocycles. The molecule has 6 heteroatoms. The molecular formula is C29H36N2O4. The van der Waals surface area contributed by atoms with Gasteiger partial charge >= 0.3 is 5.76 Å². The van der Waals surface area contributed by atoms with Gasteiger partial charge < -0.3 is 9.47 Å². The van der Waals surface area contributed by atoms with Crippen LogP contribution in [0.2, 0.25) is 0 Å². The zero-order valence-corrected chi connectivity index (χ0v) is 20.4. The van der Waals surface area contributed by atoms with Crippen molar-refractivity contribution in [2.75, 3.05) is 13.2 Å². The van der Waals surface area contributed by atoms with Gasteiger partial charge in [-0.2, -0.15) is 0 Å². The van der Waals surface area contributed by atoms with E-state index < -0.39 is 5.76 Å². The van der Waals surface area contributed by atoms with Crippen molar-refractivity contribution in [3.05, 3.63) is 64.6 Å². The third kappa shape index (κ3) is 6.50. The van der Waals surface area contributed by atoms with Gasteiger partial charge in [0.1, 0.15) is 0 Å². The summed E-state index contributed by atoms with van der Waals surface area (Å²) in [5.74, 6) is 0.720. The van der Waals surface area contributed by atoms with E-state index in [-0.39, 0.29) is 0 Å². The molecule has 0 spiro atoms. The van der Waals surface area contributed by atoms with E-state index in [0.29, 0.717) is 18.0 Å². The van der Waals surface area contributed by atoms with Gasteiger partial charge in [0.15, 0.2) is 5.82 Å². The number of aromatic amines is 1. The van der Waals surface area contributed by atoms with Gasteiger partial charge in [0.25, 0.3) is 0 Å². The summed E-state index contributed by atoms with van der Waals surface area (Å²) in [6, 6.07) is 16.7. The van der Waals surface area contributed by atoms with E-state index in [4.69, 9.17) is 14.0 Å². The second kappa shape index (κ2) is 11.8. The van der Waals surface area contributed by atoms with Crippen molar-refractivity contribution < 1.29 is 14.0 Å². The summed E-state index contributed by atoms with van der Waals surface area (Å²) < 4.78 is 16.6. The summed E-state index contributed by atoms with van der Waals surface area (Å²) in [5, 5.41) is 3.85. The van der Waals surface area contributed by atoms with Gasteiger partial charge in [0, 0.05) is 12.2 Å². The molecular weight excluding hydrogens is 440 g/mol. The molecule has 6 nitrogen and oxygen atoms in total.